The molecule has 3 aromatic rings. The Morgan fingerprint density at radius 1 is 0.537 bits per heavy atom. The molecule has 8 fully saturated rings. The summed E-state index contributed by atoms with van der Waals surface area (Å²) < 4.78 is 11.8. The first-order valence-electron chi connectivity index (χ1n) is 30.3. The molecule has 12 rings (SSSR count). The number of esters is 2. The molecule has 9 aliphatic rings. The maximum atomic E-state index is 14.4. The number of benzene rings is 3. The number of rotatable bonds is 12. The number of ether oxygens (including phenoxy) is 2. The Hall–Kier alpha value is -5.91. The highest BCUT2D eigenvalue weighted by atomic mass is 16.5. The van der Waals surface area contributed by atoms with E-state index in [-0.39, 0.29) is 135 Å². The van der Waals surface area contributed by atoms with Gasteiger partial charge in [-0.05, 0) is 163 Å². The Morgan fingerprint density at radius 3 is 1.40 bits per heavy atom. The zero-order chi connectivity index (χ0) is 56.4. The summed E-state index contributed by atoms with van der Waals surface area (Å²) in [4.78, 5) is 123. The van der Waals surface area contributed by atoms with Gasteiger partial charge >= 0.3 is 11.9 Å². The summed E-state index contributed by atoms with van der Waals surface area (Å²) in [6, 6.07) is 21.6. The fourth-order valence-electron chi connectivity index (χ4n) is 19.8. The molecule has 1 N–H and O–H groups in total. The highest BCUT2D eigenvalue weighted by Gasteiger charge is 2.68. The van der Waals surface area contributed by atoms with E-state index in [0.717, 1.165) is 44.1 Å². The molecule has 422 valence electrons. The van der Waals surface area contributed by atoms with Crippen molar-refractivity contribution in [2.75, 3.05) is 5.32 Å². The molecule has 3 aromatic carbocycles. The lowest BCUT2D eigenvalue weighted by Gasteiger charge is -2.58. The van der Waals surface area contributed by atoms with E-state index in [1.165, 1.54) is 0 Å². The lowest BCUT2D eigenvalue weighted by atomic mass is 9.44. The molecule has 0 radical (unpaired) electrons. The van der Waals surface area contributed by atoms with Crippen LogP contribution < -0.4 is 14.8 Å². The summed E-state index contributed by atoms with van der Waals surface area (Å²) in [6.07, 6.45) is 9.75. The van der Waals surface area contributed by atoms with Crippen LogP contribution in [-0.2, 0) is 48.6 Å². The molecule has 0 aromatic heterocycles. The molecule has 12 nitrogen and oxygen atoms in total. The van der Waals surface area contributed by atoms with Gasteiger partial charge in [-0.15, -0.1) is 0 Å². The Balaban J connectivity index is 0.678. The molecule has 0 spiro atoms. The second-order valence-electron chi connectivity index (χ2n) is 27.7. The van der Waals surface area contributed by atoms with Gasteiger partial charge in [0, 0.05) is 98.1 Å². The molecular formula is C68H79NO11. The first-order valence-corrected chi connectivity index (χ1v) is 30.3. The zero-order valence-corrected chi connectivity index (χ0v) is 47.6. The van der Waals surface area contributed by atoms with Crippen molar-refractivity contribution in [1.29, 1.82) is 0 Å². The van der Waals surface area contributed by atoms with Crippen LogP contribution in [0.3, 0.4) is 0 Å². The number of carbonyl (C=O) groups is 9. The van der Waals surface area contributed by atoms with Crippen LogP contribution in [-0.4, -0.2) is 52.5 Å². The normalized spacial score (nSPS) is 38.6. The monoisotopic (exact) mass is 1090 g/mol. The SMILES string of the molecule is CC(CCC(=O)Oc1ccc(C2(c3ccc(OC(=O)CCC(C)[C@H]4CC[C@H]5[C@@H]6C(=O)CC7CC(=O)CC[C@]7(C)[C@H]6CC(=O)[C@]45C)cc3)C(=O)Nc3ccccc32)cc1)[C@H]1CC[C@H]2[C@@H]3C(=O)CC4CC(=O)CC[C@]4(C)[C@H]3CC(=O)[C@]12C. The van der Waals surface area contributed by atoms with Crippen molar-refractivity contribution >= 4 is 58.2 Å². The Kier molecular flexibility index (Phi) is 13.6. The van der Waals surface area contributed by atoms with Crippen molar-refractivity contribution in [2.45, 2.75) is 163 Å². The standard InChI is InChI=1S/C68H79NO11/c1-37(47-21-23-50-61-52(35-57(74)66(47,50)5)64(3)29-27-43(70)31-41(64)33-55(61)72)11-25-59(76)79-45-17-13-39(14-18-45)68(49-9-7-8-10-54(49)69-63(68)78)40-15-19-46(20-16-40)80-60(77)26-12-38(2)48-22-24-51-62-53(36-58(75)67(48,51)6)65(4)30-28-44(71)32-42(65)34-56(62)73/h7-10,13-20,37-38,41-42,47-48,50-53,61-62H,11-12,21-36H2,1-6H3,(H,69,78)/t37?,38?,41?,42?,47-,48-,50+,51+,52+,53+,61+,62+,64+,65+,66-,67-,68?/m1/s1. The molecule has 1 amide bonds. The first kappa shape index (κ1) is 54.7. The lowest BCUT2D eigenvalue weighted by Crippen LogP contribution is -2.60. The average Bonchev–Trinajstić information content (AvgIpc) is 4.23. The quantitative estimate of drug-likeness (QED) is 0.134. The summed E-state index contributed by atoms with van der Waals surface area (Å²) in [5.74, 6) is 0.866. The van der Waals surface area contributed by atoms with Gasteiger partial charge in [0.25, 0.3) is 0 Å². The molecule has 8 saturated carbocycles. The van der Waals surface area contributed by atoms with E-state index in [1.54, 1.807) is 48.5 Å². The van der Waals surface area contributed by atoms with Gasteiger partial charge in [-0.3, -0.25) is 43.2 Å². The van der Waals surface area contributed by atoms with E-state index in [0.29, 0.717) is 92.5 Å². The van der Waals surface area contributed by atoms with E-state index < -0.39 is 28.2 Å². The lowest BCUT2D eigenvalue weighted by molar-refractivity contribution is -0.168. The average molecular weight is 1090 g/mol. The maximum Gasteiger partial charge on any atom is 0.311 e. The third kappa shape index (κ3) is 8.33. The molecule has 4 unspecified atom stereocenters. The molecule has 0 saturated heterocycles. The van der Waals surface area contributed by atoms with Crippen LogP contribution in [0.15, 0.2) is 72.8 Å². The smallest absolute Gasteiger partial charge is 0.311 e. The number of carbonyl (C=O) groups excluding carboxylic acids is 9. The van der Waals surface area contributed by atoms with Gasteiger partial charge in [-0.2, -0.15) is 0 Å². The largest absolute Gasteiger partial charge is 0.427 e. The molecule has 16 atom stereocenters. The minimum Gasteiger partial charge on any atom is -0.427 e. The van der Waals surface area contributed by atoms with Gasteiger partial charge in [0.2, 0.25) is 5.91 Å². The fourth-order valence-corrected chi connectivity index (χ4v) is 19.8. The Bertz CT molecular complexity index is 2930. The van der Waals surface area contributed by atoms with Gasteiger partial charge in [0.1, 0.15) is 51.6 Å². The number of Topliss-reactive ketones (excluding diaryl/α,β-unsaturated/α-hetero) is 6. The number of nitrogens with one attached hydrogen (secondary N) is 1. The van der Waals surface area contributed by atoms with Crippen LogP contribution in [0.25, 0.3) is 0 Å². The number of amides is 1. The predicted molar refractivity (Wildman–Crippen MR) is 298 cm³/mol. The van der Waals surface area contributed by atoms with Crippen molar-refractivity contribution in [2.24, 2.45) is 92.7 Å². The first-order chi connectivity index (χ1) is 38.1. The number of ketones is 6. The van der Waals surface area contributed by atoms with Gasteiger partial charge in [-0.25, -0.2) is 0 Å². The third-order valence-electron chi connectivity index (χ3n) is 24.4. The second kappa shape index (κ2) is 19.9. The van der Waals surface area contributed by atoms with E-state index in [9.17, 15) is 43.2 Å². The van der Waals surface area contributed by atoms with Crippen LogP contribution in [0.2, 0.25) is 0 Å². The van der Waals surface area contributed by atoms with E-state index in [2.05, 4.69) is 46.9 Å². The summed E-state index contributed by atoms with van der Waals surface area (Å²) in [5, 5.41) is 3.08. The van der Waals surface area contributed by atoms with E-state index >= 15 is 0 Å². The van der Waals surface area contributed by atoms with Crippen LogP contribution in [0.4, 0.5) is 5.69 Å². The molecule has 0 bridgehead atoms. The molecule has 80 heavy (non-hydrogen) atoms. The minimum absolute atomic E-state index is 0.0149. The van der Waals surface area contributed by atoms with Crippen molar-refractivity contribution in [3.63, 3.8) is 0 Å². The van der Waals surface area contributed by atoms with Crippen molar-refractivity contribution in [3.05, 3.63) is 89.5 Å². The number of hydrogen-bond acceptors (Lipinski definition) is 11. The molecule has 1 aliphatic heterocycles. The van der Waals surface area contributed by atoms with Crippen LogP contribution in [0.5, 0.6) is 11.5 Å². The number of anilines is 1. The van der Waals surface area contributed by atoms with Gasteiger partial charge < -0.3 is 14.8 Å². The third-order valence-corrected chi connectivity index (χ3v) is 24.4. The topological polar surface area (TPSA) is 184 Å². The summed E-state index contributed by atoms with van der Waals surface area (Å²) in [7, 11) is 0. The van der Waals surface area contributed by atoms with Crippen molar-refractivity contribution < 1.29 is 52.6 Å². The molecule has 1 heterocycles. The highest BCUT2D eigenvalue weighted by molar-refractivity contribution is 6.11. The van der Waals surface area contributed by atoms with Gasteiger partial charge in [-0.1, -0.05) is 84.0 Å². The Morgan fingerprint density at radius 2 is 0.963 bits per heavy atom. The number of para-hydroxylation sites is 1. The minimum atomic E-state index is -1.28. The van der Waals surface area contributed by atoms with Crippen LogP contribution in [0, 0.1) is 92.7 Å². The van der Waals surface area contributed by atoms with Crippen LogP contribution >= 0.6 is 0 Å². The van der Waals surface area contributed by atoms with E-state index in [1.807, 2.05) is 24.3 Å². The Labute approximate surface area is 470 Å². The van der Waals surface area contributed by atoms with Crippen molar-refractivity contribution in [3.8, 4) is 11.5 Å². The predicted octanol–water partition coefficient (Wildman–Crippen LogP) is 11.8. The number of hydrogen-bond donors (Lipinski definition) is 1. The van der Waals surface area contributed by atoms with Gasteiger partial charge in [0.15, 0.2) is 0 Å². The van der Waals surface area contributed by atoms with Gasteiger partial charge in [0.05, 0.1) is 0 Å². The van der Waals surface area contributed by atoms with Crippen LogP contribution in [0.1, 0.15) is 174 Å². The molecule has 12 heteroatoms. The number of fused-ring (bicyclic) bond motifs is 11. The van der Waals surface area contributed by atoms with E-state index in [4.69, 9.17) is 9.47 Å². The second-order valence-corrected chi connectivity index (χ2v) is 27.7. The molecule has 8 aliphatic carbocycles. The summed E-state index contributed by atoms with van der Waals surface area (Å²) in [5.41, 5.74) is -0.174. The zero-order valence-electron chi connectivity index (χ0n) is 47.6. The highest BCUT2D eigenvalue weighted by Crippen LogP contribution is 2.68. The summed E-state index contributed by atoms with van der Waals surface area (Å²) in [6.45, 7) is 12.9. The molecular weight excluding hydrogens is 1010 g/mol. The van der Waals surface area contributed by atoms with Crippen molar-refractivity contribution in [1.82, 2.24) is 0 Å². The summed E-state index contributed by atoms with van der Waals surface area (Å²) >= 11 is 0. The maximum absolute atomic E-state index is 14.4. The fraction of sp³-hybridized carbons (Fsp3) is 0.603.